The molecule has 2 heterocycles. The van der Waals surface area contributed by atoms with Crippen LogP contribution in [0.5, 0.6) is 5.75 Å². The second-order valence-corrected chi connectivity index (χ2v) is 6.67. The Morgan fingerprint density at radius 3 is 2.59 bits per heavy atom. The molecule has 0 spiro atoms. The monoisotopic (exact) mass is 365 g/mol. The second-order valence-electron chi connectivity index (χ2n) is 6.67. The minimum absolute atomic E-state index is 0.0961. The third-order valence-electron chi connectivity index (χ3n) is 4.65. The first-order chi connectivity index (χ1) is 12.8. The van der Waals surface area contributed by atoms with Gasteiger partial charge in [-0.15, -0.1) is 0 Å². The molecule has 0 unspecified atom stereocenters. The Bertz CT molecular complexity index is 898. The van der Waals surface area contributed by atoms with E-state index >= 15 is 0 Å². The van der Waals surface area contributed by atoms with Crippen molar-refractivity contribution in [1.82, 2.24) is 15.3 Å². The fraction of sp³-hybridized carbons (Fsp3) is 0.318. The highest BCUT2D eigenvalue weighted by Gasteiger charge is 2.11. The number of phenolic OH excluding ortho intramolecular Hbond substituents is 1. The number of nitrogens with zero attached hydrogens (tertiary/aromatic N) is 2. The average molecular weight is 365 g/mol. The normalized spacial score (nSPS) is 14.4. The second kappa shape index (κ2) is 9.12. The first-order valence-corrected chi connectivity index (χ1v) is 9.04. The summed E-state index contributed by atoms with van der Waals surface area (Å²) in [6, 6.07) is 7.29. The number of amides is 1. The smallest absolute Gasteiger partial charge is 0.246 e. The molecule has 0 atom stereocenters. The zero-order valence-corrected chi connectivity index (χ0v) is 16.6. The first kappa shape index (κ1) is 20.4. The van der Waals surface area contributed by atoms with Crippen molar-refractivity contribution in [2.24, 2.45) is 0 Å². The van der Waals surface area contributed by atoms with Gasteiger partial charge in [-0.1, -0.05) is 23.3 Å². The molecular weight excluding hydrogens is 338 g/mol. The molecule has 0 radical (unpaired) electrons. The lowest BCUT2D eigenvalue weighted by Crippen LogP contribution is -2.29. The number of nitrogens with one attached hydrogen (secondary N) is 1. The maximum Gasteiger partial charge on any atom is 0.246 e. The lowest BCUT2D eigenvalue weighted by Gasteiger charge is -2.14. The molecule has 5 heteroatoms. The Morgan fingerprint density at radius 2 is 1.96 bits per heavy atom. The van der Waals surface area contributed by atoms with Gasteiger partial charge in [0.2, 0.25) is 5.91 Å². The standard InChI is InChI=1S/C15H16N2O.C7H11NO/c1-4-11(3)13-7-8-16-15(17-13)12-9-10(2)5-6-14(12)18;1-5-3-4-8-7(9)6(5)2/h4-9,18H,1-3H3;3-4H2,1-2H3,(H,8,9)/b11-4+;. The number of carbonyl (C=O) groups excluding carboxylic acids is 1. The lowest BCUT2D eigenvalue weighted by molar-refractivity contribution is -0.117. The van der Waals surface area contributed by atoms with E-state index in [0.717, 1.165) is 35.4 Å². The number of aromatic hydroxyl groups is 1. The zero-order valence-electron chi connectivity index (χ0n) is 16.6. The van der Waals surface area contributed by atoms with Crippen molar-refractivity contribution in [3.63, 3.8) is 0 Å². The average Bonchev–Trinajstić information content (AvgIpc) is 2.68. The van der Waals surface area contributed by atoms with E-state index in [4.69, 9.17) is 0 Å². The number of aromatic nitrogens is 2. The summed E-state index contributed by atoms with van der Waals surface area (Å²) >= 11 is 0. The molecule has 27 heavy (non-hydrogen) atoms. The number of aryl methyl sites for hydroxylation is 1. The molecule has 5 nitrogen and oxygen atoms in total. The SMILES string of the molecule is C/C=C(\C)c1ccnc(-c2cc(C)ccc2O)n1.CC1=C(C)C(=O)NCC1. The molecule has 1 aliphatic rings. The third-order valence-corrected chi connectivity index (χ3v) is 4.65. The Hall–Kier alpha value is -2.95. The fourth-order valence-corrected chi connectivity index (χ4v) is 2.56. The fourth-order valence-electron chi connectivity index (χ4n) is 2.56. The van der Waals surface area contributed by atoms with Crippen molar-refractivity contribution in [3.8, 4) is 17.1 Å². The highest BCUT2D eigenvalue weighted by molar-refractivity contribution is 5.94. The van der Waals surface area contributed by atoms with Crippen LogP contribution in [-0.2, 0) is 4.79 Å². The van der Waals surface area contributed by atoms with Crippen molar-refractivity contribution in [2.45, 2.75) is 41.0 Å². The third kappa shape index (κ3) is 5.26. The van der Waals surface area contributed by atoms with E-state index in [2.05, 4.69) is 15.3 Å². The van der Waals surface area contributed by atoms with Crippen LogP contribution >= 0.6 is 0 Å². The Balaban J connectivity index is 0.000000244. The van der Waals surface area contributed by atoms with Gasteiger partial charge < -0.3 is 10.4 Å². The zero-order chi connectivity index (χ0) is 20.0. The number of hydrogen-bond acceptors (Lipinski definition) is 4. The molecule has 1 aromatic carbocycles. The number of phenols is 1. The first-order valence-electron chi connectivity index (χ1n) is 9.04. The number of carbonyl (C=O) groups is 1. The van der Waals surface area contributed by atoms with E-state index in [1.807, 2.05) is 58.9 Å². The molecule has 1 aliphatic heterocycles. The van der Waals surface area contributed by atoms with Crippen molar-refractivity contribution in [3.05, 3.63) is 58.9 Å². The largest absolute Gasteiger partial charge is 0.507 e. The van der Waals surface area contributed by atoms with E-state index in [1.54, 1.807) is 12.3 Å². The van der Waals surface area contributed by atoms with Crippen LogP contribution in [0.2, 0.25) is 0 Å². The summed E-state index contributed by atoms with van der Waals surface area (Å²) in [5, 5.41) is 12.6. The van der Waals surface area contributed by atoms with Crippen molar-refractivity contribution < 1.29 is 9.90 Å². The predicted molar refractivity (Wildman–Crippen MR) is 109 cm³/mol. The molecule has 2 N–H and O–H groups in total. The maximum atomic E-state index is 10.8. The van der Waals surface area contributed by atoms with Gasteiger partial charge in [0.05, 0.1) is 11.3 Å². The number of benzene rings is 1. The molecule has 0 fully saturated rings. The molecule has 0 saturated carbocycles. The van der Waals surface area contributed by atoms with E-state index in [0.29, 0.717) is 11.4 Å². The summed E-state index contributed by atoms with van der Waals surface area (Å²) in [5.41, 5.74) is 5.81. The van der Waals surface area contributed by atoms with Crippen LogP contribution in [0.4, 0.5) is 0 Å². The summed E-state index contributed by atoms with van der Waals surface area (Å²) < 4.78 is 0. The van der Waals surface area contributed by atoms with Crippen LogP contribution in [-0.4, -0.2) is 27.5 Å². The molecular formula is C22H27N3O2. The number of allylic oxidation sites excluding steroid dienone is 2. The highest BCUT2D eigenvalue weighted by atomic mass is 16.3. The van der Waals surface area contributed by atoms with Gasteiger partial charge in [0.25, 0.3) is 0 Å². The minimum atomic E-state index is 0.0961. The van der Waals surface area contributed by atoms with Crippen molar-refractivity contribution >= 4 is 11.5 Å². The summed E-state index contributed by atoms with van der Waals surface area (Å²) in [7, 11) is 0. The minimum Gasteiger partial charge on any atom is -0.507 e. The van der Waals surface area contributed by atoms with Gasteiger partial charge in [0.15, 0.2) is 5.82 Å². The molecule has 3 rings (SSSR count). The van der Waals surface area contributed by atoms with Crippen LogP contribution < -0.4 is 5.32 Å². The Labute approximate surface area is 160 Å². The predicted octanol–water partition coefficient (Wildman–Crippen LogP) is 4.42. The molecule has 0 bridgehead atoms. The van der Waals surface area contributed by atoms with Gasteiger partial charge >= 0.3 is 0 Å². The van der Waals surface area contributed by atoms with Crippen LogP contribution in [0.1, 0.15) is 45.4 Å². The molecule has 0 saturated heterocycles. The van der Waals surface area contributed by atoms with Crippen LogP contribution in [0.15, 0.2) is 47.7 Å². The van der Waals surface area contributed by atoms with Crippen LogP contribution in [0.25, 0.3) is 17.0 Å². The topological polar surface area (TPSA) is 75.1 Å². The highest BCUT2D eigenvalue weighted by Crippen LogP contribution is 2.27. The van der Waals surface area contributed by atoms with Gasteiger partial charge in [-0.05, 0) is 64.8 Å². The van der Waals surface area contributed by atoms with Gasteiger partial charge in [0, 0.05) is 18.3 Å². The summed E-state index contributed by atoms with van der Waals surface area (Å²) in [4.78, 5) is 19.5. The van der Waals surface area contributed by atoms with Gasteiger partial charge in [-0.2, -0.15) is 0 Å². The molecule has 1 amide bonds. The van der Waals surface area contributed by atoms with Gasteiger partial charge in [-0.25, -0.2) is 9.97 Å². The molecule has 2 aromatic rings. The van der Waals surface area contributed by atoms with E-state index < -0.39 is 0 Å². The van der Waals surface area contributed by atoms with Crippen LogP contribution in [0, 0.1) is 6.92 Å². The summed E-state index contributed by atoms with van der Waals surface area (Å²) in [6.07, 6.45) is 4.73. The van der Waals surface area contributed by atoms with Gasteiger partial charge in [-0.3, -0.25) is 4.79 Å². The maximum absolute atomic E-state index is 10.8. The lowest BCUT2D eigenvalue weighted by atomic mass is 10.0. The number of hydrogen-bond donors (Lipinski definition) is 2. The van der Waals surface area contributed by atoms with E-state index in [9.17, 15) is 9.90 Å². The van der Waals surface area contributed by atoms with Crippen molar-refractivity contribution in [2.75, 3.05) is 6.54 Å². The Morgan fingerprint density at radius 1 is 1.22 bits per heavy atom. The number of rotatable bonds is 2. The summed E-state index contributed by atoms with van der Waals surface area (Å²) in [5.74, 6) is 0.851. The quantitative estimate of drug-likeness (QED) is 0.826. The van der Waals surface area contributed by atoms with E-state index in [1.165, 1.54) is 5.57 Å². The summed E-state index contributed by atoms with van der Waals surface area (Å²) in [6.45, 7) is 10.6. The Kier molecular flexibility index (Phi) is 6.88. The van der Waals surface area contributed by atoms with E-state index in [-0.39, 0.29) is 11.7 Å². The van der Waals surface area contributed by atoms with Crippen molar-refractivity contribution in [1.29, 1.82) is 0 Å². The van der Waals surface area contributed by atoms with Gasteiger partial charge in [0.1, 0.15) is 5.75 Å². The molecule has 142 valence electrons. The molecule has 1 aromatic heterocycles. The molecule has 0 aliphatic carbocycles. The van der Waals surface area contributed by atoms with Crippen LogP contribution in [0.3, 0.4) is 0 Å².